The van der Waals surface area contributed by atoms with Gasteiger partial charge in [0.15, 0.2) is 0 Å². The van der Waals surface area contributed by atoms with Crippen LogP contribution < -0.4 is 15.6 Å². The van der Waals surface area contributed by atoms with Gasteiger partial charge in [-0.2, -0.15) is 5.10 Å². The van der Waals surface area contributed by atoms with Gasteiger partial charge in [-0.1, -0.05) is 12.1 Å². The number of halogens is 1. The van der Waals surface area contributed by atoms with Gasteiger partial charge in [-0.05, 0) is 46.5 Å². The van der Waals surface area contributed by atoms with Crippen molar-refractivity contribution in [3.8, 4) is 0 Å². The van der Waals surface area contributed by atoms with E-state index in [1.807, 2.05) is 0 Å². The van der Waals surface area contributed by atoms with Crippen LogP contribution in [0.15, 0.2) is 44.6 Å². The van der Waals surface area contributed by atoms with Gasteiger partial charge in [0.05, 0.1) is 16.8 Å². The number of hydrogen-bond acceptors (Lipinski definition) is 5. The number of sulfonamides is 1. The number of nitrogens with one attached hydrogen (secondary N) is 2. The third-order valence-electron chi connectivity index (χ3n) is 3.69. The first-order valence-electron chi connectivity index (χ1n) is 7.44. The highest BCUT2D eigenvalue weighted by atomic mass is 79.9. The van der Waals surface area contributed by atoms with E-state index < -0.39 is 10.0 Å². The van der Waals surface area contributed by atoms with Crippen molar-refractivity contribution in [2.45, 2.75) is 30.3 Å². The van der Waals surface area contributed by atoms with Crippen LogP contribution in [0.25, 0.3) is 0 Å². The molecule has 2 aromatic rings. The van der Waals surface area contributed by atoms with Gasteiger partial charge in [0.1, 0.15) is 4.47 Å². The second-order valence-electron chi connectivity index (χ2n) is 5.69. The van der Waals surface area contributed by atoms with Crippen molar-refractivity contribution in [3.63, 3.8) is 0 Å². The van der Waals surface area contributed by atoms with Crippen molar-refractivity contribution in [1.29, 1.82) is 0 Å². The van der Waals surface area contributed by atoms with Gasteiger partial charge in [-0.3, -0.25) is 4.79 Å². The number of nitrogens with zero attached hydrogens (tertiary/aromatic N) is 2. The molecule has 0 saturated heterocycles. The summed E-state index contributed by atoms with van der Waals surface area (Å²) < 4.78 is 28.5. The molecular formula is C15H17BrN4O3S. The van der Waals surface area contributed by atoms with E-state index in [1.54, 1.807) is 37.5 Å². The average molecular weight is 413 g/mol. The Bertz CT molecular complexity index is 905. The van der Waals surface area contributed by atoms with Gasteiger partial charge < -0.3 is 5.32 Å². The number of aryl methyl sites for hydroxylation is 1. The summed E-state index contributed by atoms with van der Waals surface area (Å²) in [6.07, 6.45) is 3.37. The molecule has 1 heterocycles. The minimum absolute atomic E-state index is 0.0851. The van der Waals surface area contributed by atoms with Crippen molar-refractivity contribution in [2.24, 2.45) is 7.05 Å². The molecule has 1 aromatic heterocycles. The maximum Gasteiger partial charge on any atom is 0.282 e. The number of hydrogen-bond donors (Lipinski definition) is 2. The van der Waals surface area contributed by atoms with Gasteiger partial charge >= 0.3 is 0 Å². The van der Waals surface area contributed by atoms with E-state index in [1.165, 1.54) is 4.68 Å². The maximum atomic E-state index is 12.1. The molecule has 1 aliphatic carbocycles. The second kappa shape index (κ2) is 6.66. The standard InChI is InChI=1S/C15H17BrN4O3S/c1-20-15(21)14(16)13(9-18-20)17-8-10-2-6-12(7-3-10)24(22,23)19-11-4-5-11/h2-3,6-7,9,11,17,19H,4-5,8H2,1H3. The van der Waals surface area contributed by atoms with Crippen LogP contribution in [0.1, 0.15) is 18.4 Å². The lowest BCUT2D eigenvalue weighted by atomic mass is 10.2. The van der Waals surface area contributed by atoms with E-state index in [9.17, 15) is 13.2 Å². The first kappa shape index (κ1) is 17.1. The van der Waals surface area contributed by atoms with Gasteiger partial charge in [-0.25, -0.2) is 17.8 Å². The lowest BCUT2D eigenvalue weighted by molar-refractivity contribution is 0.581. The number of aromatic nitrogens is 2. The minimum Gasteiger partial charge on any atom is -0.379 e. The van der Waals surface area contributed by atoms with Gasteiger partial charge in [0.2, 0.25) is 10.0 Å². The molecule has 0 amide bonds. The molecule has 0 unspecified atom stereocenters. The third-order valence-corrected chi connectivity index (χ3v) is 6.00. The summed E-state index contributed by atoms with van der Waals surface area (Å²) in [6.45, 7) is 0.448. The largest absolute Gasteiger partial charge is 0.379 e. The maximum absolute atomic E-state index is 12.1. The highest BCUT2D eigenvalue weighted by Crippen LogP contribution is 2.22. The van der Waals surface area contributed by atoms with Crippen molar-refractivity contribution < 1.29 is 8.42 Å². The summed E-state index contributed by atoms with van der Waals surface area (Å²) >= 11 is 3.25. The van der Waals surface area contributed by atoms with Crippen LogP contribution in [-0.2, 0) is 23.6 Å². The smallest absolute Gasteiger partial charge is 0.282 e. The molecular weight excluding hydrogens is 396 g/mol. The summed E-state index contributed by atoms with van der Waals surface area (Å²) in [5, 5.41) is 7.07. The Labute approximate surface area is 148 Å². The van der Waals surface area contributed by atoms with Crippen LogP contribution in [0.2, 0.25) is 0 Å². The van der Waals surface area contributed by atoms with E-state index >= 15 is 0 Å². The molecule has 9 heteroatoms. The van der Waals surface area contributed by atoms with E-state index in [-0.39, 0.29) is 16.5 Å². The van der Waals surface area contributed by atoms with Gasteiger partial charge in [0.25, 0.3) is 5.56 Å². The predicted octanol–water partition coefficient (Wildman–Crippen LogP) is 1.60. The first-order valence-corrected chi connectivity index (χ1v) is 9.71. The molecule has 0 radical (unpaired) electrons. The van der Waals surface area contributed by atoms with Crippen LogP contribution in [-0.4, -0.2) is 24.2 Å². The fraction of sp³-hybridized carbons (Fsp3) is 0.333. The SMILES string of the molecule is Cn1ncc(NCc2ccc(S(=O)(=O)NC3CC3)cc2)c(Br)c1=O. The van der Waals surface area contributed by atoms with Crippen LogP contribution >= 0.6 is 15.9 Å². The molecule has 0 aliphatic heterocycles. The zero-order valence-electron chi connectivity index (χ0n) is 13.0. The predicted molar refractivity (Wildman–Crippen MR) is 94.3 cm³/mol. The fourth-order valence-corrected chi connectivity index (χ4v) is 3.91. The summed E-state index contributed by atoms with van der Waals surface area (Å²) in [5.74, 6) is 0. The Kier molecular flexibility index (Phi) is 4.75. The minimum atomic E-state index is -3.43. The van der Waals surface area contributed by atoms with Crippen molar-refractivity contribution in [2.75, 3.05) is 5.32 Å². The van der Waals surface area contributed by atoms with E-state index in [0.717, 1.165) is 18.4 Å². The molecule has 0 atom stereocenters. The summed E-state index contributed by atoms with van der Waals surface area (Å²) in [6, 6.07) is 6.74. The van der Waals surface area contributed by atoms with Crippen molar-refractivity contribution >= 4 is 31.6 Å². The van der Waals surface area contributed by atoms with Gasteiger partial charge in [-0.15, -0.1) is 0 Å². The fourth-order valence-electron chi connectivity index (χ4n) is 2.11. The molecule has 1 saturated carbocycles. The van der Waals surface area contributed by atoms with Crippen molar-refractivity contribution in [3.05, 3.63) is 50.9 Å². The summed E-state index contributed by atoms with van der Waals surface area (Å²) in [7, 11) is -1.85. The van der Waals surface area contributed by atoms with Crippen LogP contribution in [0, 0.1) is 0 Å². The number of rotatable bonds is 6. The molecule has 2 N–H and O–H groups in total. The molecule has 3 rings (SSSR count). The van der Waals surface area contributed by atoms with Crippen molar-refractivity contribution in [1.82, 2.24) is 14.5 Å². The Morgan fingerprint density at radius 3 is 2.58 bits per heavy atom. The Balaban J connectivity index is 1.68. The van der Waals surface area contributed by atoms with Crippen LogP contribution in [0.4, 0.5) is 5.69 Å². The summed E-state index contributed by atoms with van der Waals surface area (Å²) in [4.78, 5) is 12.0. The molecule has 0 spiro atoms. The Hall–Kier alpha value is -1.71. The van der Waals surface area contributed by atoms with E-state index in [0.29, 0.717) is 16.7 Å². The lowest BCUT2D eigenvalue weighted by Crippen LogP contribution is -2.25. The quantitative estimate of drug-likeness (QED) is 0.751. The Morgan fingerprint density at radius 2 is 1.96 bits per heavy atom. The van der Waals surface area contributed by atoms with Crippen LogP contribution in [0.3, 0.4) is 0 Å². The monoisotopic (exact) mass is 412 g/mol. The topological polar surface area (TPSA) is 93.1 Å². The molecule has 24 heavy (non-hydrogen) atoms. The highest BCUT2D eigenvalue weighted by molar-refractivity contribution is 9.10. The second-order valence-corrected chi connectivity index (χ2v) is 8.20. The third kappa shape index (κ3) is 3.85. The van der Waals surface area contributed by atoms with E-state index in [4.69, 9.17) is 0 Å². The average Bonchev–Trinajstić information content (AvgIpc) is 3.36. The van der Waals surface area contributed by atoms with Crippen LogP contribution in [0.5, 0.6) is 0 Å². The number of benzene rings is 1. The lowest BCUT2D eigenvalue weighted by Gasteiger charge is -2.10. The first-order chi connectivity index (χ1) is 11.4. The molecule has 128 valence electrons. The summed E-state index contributed by atoms with van der Waals surface area (Å²) in [5.41, 5.74) is 1.26. The zero-order valence-corrected chi connectivity index (χ0v) is 15.4. The molecule has 1 aliphatic rings. The van der Waals surface area contributed by atoms with E-state index in [2.05, 4.69) is 31.1 Å². The molecule has 1 aromatic carbocycles. The van der Waals surface area contributed by atoms with Gasteiger partial charge in [0, 0.05) is 19.6 Å². The molecule has 0 bridgehead atoms. The Morgan fingerprint density at radius 1 is 1.29 bits per heavy atom. The zero-order chi connectivity index (χ0) is 17.3. The normalized spacial score (nSPS) is 14.6. The highest BCUT2D eigenvalue weighted by Gasteiger charge is 2.27. The molecule has 7 nitrogen and oxygen atoms in total. The molecule has 1 fully saturated rings. The number of anilines is 1.